The van der Waals surface area contributed by atoms with Gasteiger partial charge in [-0.25, -0.2) is 0 Å². The van der Waals surface area contributed by atoms with Gasteiger partial charge in [-0.05, 0) is 25.9 Å². The van der Waals surface area contributed by atoms with Crippen molar-refractivity contribution in [2.24, 2.45) is 5.73 Å². The fourth-order valence-corrected chi connectivity index (χ4v) is 2.54. The molecule has 0 heterocycles. The molecule has 1 aliphatic rings. The van der Waals surface area contributed by atoms with Crippen LogP contribution < -0.4 is 11.1 Å². The van der Waals surface area contributed by atoms with E-state index in [1.54, 1.807) is 0 Å². The first-order chi connectivity index (χ1) is 7.69. The van der Waals surface area contributed by atoms with Gasteiger partial charge >= 0.3 is 0 Å². The molecule has 0 radical (unpaired) electrons. The van der Waals surface area contributed by atoms with Crippen LogP contribution in [0.15, 0.2) is 0 Å². The Balaban J connectivity index is 2.48. The molecule has 1 atom stereocenters. The summed E-state index contributed by atoms with van der Waals surface area (Å²) in [5.41, 5.74) is 5.40. The molecular formula is C12H25N3O. The van der Waals surface area contributed by atoms with Gasteiger partial charge in [0.05, 0.1) is 6.04 Å². The number of likely N-dealkylation sites (N-methyl/N-ethyl adjacent to an activating group) is 2. The van der Waals surface area contributed by atoms with Gasteiger partial charge in [0.15, 0.2) is 0 Å². The lowest BCUT2D eigenvalue weighted by Crippen LogP contribution is -2.51. The van der Waals surface area contributed by atoms with E-state index in [1.807, 2.05) is 6.92 Å². The standard InChI is InChI=1S/C12H25N3O/c1-3-14-11(12(13)16)9-15(4-2)10-7-5-6-8-10/h10-11,14H,3-9H2,1-2H3,(H2,13,16). The third kappa shape index (κ3) is 3.76. The summed E-state index contributed by atoms with van der Waals surface area (Å²) in [5.74, 6) is -0.238. The molecule has 1 aliphatic carbocycles. The molecule has 0 spiro atoms. The lowest BCUT2D eigenvalue weighted by Gasteiger charge is -2.30. The molecule has 0 saturated heterocycles. The Hall–Kier alpha value is -0.610. The highest BCUT2D eigenvalue weighted by molar-refractivity contribution is 5.80. The molecule has 0 bridgehead atoms. The predicted octanol–water partition coefficient (Wildman–Crippen LogP) is 0.714. The zero-order valence-electron chi connectivity index (χ0n) is 10.5. The van der Waals surface area contributed by atoms with E-state index in [2.05, 4.69) is 17.1 Å². The zero-order chi connectivity index (χ0) is 12.0. The van der Waals surface area contributed by atoms with Crippen LogP contribution in [0.2, 0.25) is 0 Å². The summed E-state index contributed by atoms with van der Waals surface area (Å²) in [4.78, 5) is 13.7. The lowest BCUT2D eigenvalue weighted by molar-refractivity contribution is -0.120. The molecule has 1 saturated carbocycles. The van der Waals surface area contributed by atoms with Crippen LogP contribution in [0.3, 0.4) is 0 Å². The Bertz CT molecular complexity index is 214. The van der Waals surface area contributed by atoms with Gasteiger partial charge in [0.1, 0.15) is 0 Å². The number of nitrogens with one attached hydrogen (secondary N) is 1. The van der Waals surface area contributed by atoms with Crippen molar-refractivity contribution < 1.29 is 4.79 Å². The monoisotopic (exact) mass is 227 g/mol. The van der Waals surface area contributed by atoms with Crippen LogP contribution in [0.1, 0.15) is 39.5 Å². The van der Waals surface area contributed by atoms with Crippen LogP contribution in [-0.2, 0) is 4.79 Å². The molecule has 0 aromatic heterocycles. The number of hydrogen-bond acceptors (Lipinski definition) is 3. The van der Waals surface area contributed by atoms with Gasteiger partial charge in [-0.2, -0.15) is 0 Å². The minimum absolute atomic E-state index is 0.203. The van der Waals surface area contributed by atoms with Gasteiger partial charge in [-0.1, -0.05) is 26.7 Å². The zero-order valence-corrected chi connectivity index (χ0v) is 10.5. The Morgan fingerprint density at radius 2 is 2.06 bits per heavy atom. The van der Waals surface area contributed by atoms with Crippen molar-refractivity contribution in [3.63, 3.8) is 0 Å². The quantitative estimate of drug-likeness (QED) is 0.673. The number of nitrogens with two attached hydrogens (primary N) is 1. The highest BCUT2D eigenvalue weighted by Crippen LogP contribution is 2.23. The minimum Gasteiger partial charge on any atom is -0.368 e. The van der Waals surface area contributed by atoms with Crippen molar-refractivity contribution in [1.82, 2.24) is 10.2 Å². The number of carbonyl (C=O) groups is 1. The molecule has 1 unspecified atom stereocenters. The maximum atomic E-state index is 11.3. The first kappa shape index (κ1) is 13.5. The van der Waals surface area contributed by atoms with Crippen molar-refractivity contribution in [2.75, 3.05) is 19.6 Å². The fourth-order valence-electron chi connectivity index (χ4n) is 2.54. The van der Waals surface area contributed by atoms with E-state index < -0.39 is 0 Å². The molecule has 0 aromatic rings. The van der Waals surface area contributed by atoms with Crippen molar-refractivity contribution in [1.29, 1.82) is 0 Å². The summed E-state index contributed by atoms with van der Waals surface area (Å²) in [6.45, 7) is 6.70. The van der Waals surface area contributed by atoms with Gasteiger partial charge in [0.25, 0.3) is 0 Å². The SMILES string of the molecule is CCNC(CN(CC)C1CCCC1)C(N)=O. The summed E-state index contributed by atoms with van der Waals surface area (Å²) < 4.78 is 0. The molecule has 3 N–H and O–H groups in total. The highest BCUT2D eigenvalue weighted by atomic mass is 16.1. The molecule has 94 valence electrons. The highest BCUT2D eigenvalue weighted by Gasteiger charge is 2.25. The van der Waals surface area contributed by atoms with E-state index in [-0.39, 0.29) is 11.9 Å². The second-order valence-corrected chi connectivity index (χ2v) is 4.54. The fraction of sp³-hybridized carbons (Fsp3) is 0.917. The van der Waals surface area contributed by atoms with Gasteiger partial charge < -0.3 is 11.1 Å². The van der Waals surface area contributed by atoms with E-state index in [0.717, 1.165) is 19.6 Å². The second kappa shape index (κ2) is 6.86. The Labute approximate surface area is 98.6 Å². The number of hydrogen-bond donors (Lipinski definition) is 2. The summed E-state index contributed by atoms with van der Waals surface area (Å²) >= 11 is 0. The Kier molecular flexibility index (Phi) is 5.77. The van der Waals surface area contributed by atoms with Crippen LogP contribution in [0.4, 0.5) is 0 Å². The van der Waals surface area contributed by atoms with Gasteiger partial charge in [0, 0.05) is 12.6 Å². The summed E-state index contributed by atoms with van der Waals surface area (Å²) in [7, 11) is 0. The van der Waals surface area contributed by atoms with Crippen LogP contribution in [-0.4, -0.2) is 42.5 Å². The molecule has 0 aromatic carbocycles. The second-order valence-electron chi connectivity index (χ2n) is 4.54. The average Bonchev–Trinajstić information content (AvgIpc) is 2.77. The van der Waals surface area contributed by atoms with E-state index in [9.17, 15) is 4.79 Å². The van der Waals surface area contributed by atoms with E-state index >= 15 is 0 Å². The Morgan fingerprint density at radius 1 is 1.44 bits per heavy atom. The maximum absolute atomic E-state index is 11.3. The molecule has 16 heavy (non-hydrogen) atoms. The average molecular weight is 227 g/mol. The van der Waals surface area contributed by atoms with Gasteiger partial charge in [-0.15, -0.1) is 0 Å². The van der Waals surface area contributed by atoms with E-state index in [0.29, 0.717) is 6.04 Å². The van der Waals surface area contributed by atoms with Crippen molar-refractivity contribution >= 4 is 5.91 Å². The first-order valence-electron chi connectivity index (χ1n) is 6.45. The van der Waals surface area contributed by atoms with Crippen molar-refractivity contribution in [3.8, 4) is 0 Å². The molecule has 0 aliphatic heterocycles. The summed E-state index contributed by atoms with van der Waals surface area (Å²) in [6, 6.07) is 0.455. The number of amides is 1. The minimum atomic E-state index is -0.238. The summed E-state index contributed by atoms with van der Waals surface area (Å²) in [5, 5.41) is 3.15. The number of primary amides is 1. The normalized spacial score (nSPS) is 19.2. The third-order valence-electron chi connectivity index (χ3n) is 3.46. The van der Waals surface area contributed by atoms with E-state index in [1.165, 1.54) is 25.7 Å². The summed E-state index contributed by atoms with van der Waals surface area (Å²) in [6.07, 6.45) is 5.18. The molecule has 1 rings (SSSR count). The molecule has 1 amide bonds. The predicted molar refractivity (Wildman–Crippen MR) is 66.2 cm³/mol. The first-order valence-corrected chi connectivity index (χ1v) is 6.45. The Morgan fingerprint density at radius 3 is 2.50 bits per heavy atom. The number of carbonyl (C=O) groups excluding carboxylic acids is 1. The molecule has 4 heteroatoms. The van der Waals surface area contributed by atoms with Crippen LogP contribution in [0, 0.1) is 0 Å². The van der Waals surface area contributed by atoms with Crippen molar-refractivity contribution in [3.05, 3.63) is 0 Å². The van der Waals surface area contributed by atoms with Gasteiger partial charge in [0.2, 0.25) is 5.91 Å². The molecule has 1 fully saturated rings. The topological polar surface area (TPSA) is 58.4 Å². The lowest BCUT2D eigenvalue weighted by atomic mass is 10.1. The van der Waals surface area contributed by atoms with Crippen molar-refractivity contribution in [2.45, 2.75) is 51.6 Å². The number of rotatable bonds is 7. The van der Waals surface area contributed by atoms with Crippen LogP contribution in [0.5, 0.6) is 0 Å². The smallest absolute Gasteiger partial charge is 0.235 e. The number of nitrogens with zero attached hydrogens (tertiary/aromatic N) is 1. The molecular weight excluding hydrogens is 202 g/mol. The van der Waals surface area contributed by atoms with Crippen LogP contribution >= 0.6 is 0 Å². The van der Waals surface area contributed by atoms with Crippen LogP contribution in [0.25, 0.3) is 0 Å². The maximum Gasteiger partial charge on any atom is 0.235 e. The van der Waals surface area contributed by atoms with Gasteiger partial charge in [-0.3, -0.25) is 9.69 Å². The third-order valence-corrected chi connectivity index (χ3v) is 3.46. The largest absolute Gasteiger partial charge is 0.368 e. The molecule has 4 nitrogen and oxygen atoms in total. The van der Waals surface area contributed by atoms with E-state index in [4.69, 9.17) is 5.73 Å².